The number of rotatable bonds is 4. The summed E-state index contributed by atoms with van der Waals surface area (Å²) in [5, 5.41) is 6.09. The van der Waals surface area contributed by atoms with Gasteiger partial charge in [0.25, 0.3) is 0 Å². The lowest BCUT2D eigenvalue weighted by Gasteiger charge is -2.20. The van der Waals surface area contributed by atoms with Crippen molar-refractivity contribution in [1.29, 1.82) is 0 Å². The Morgan fingerprint density at radius 1 is 0.905 bits per heavy atom. The number of nitrogens with one attached hydrogen (secondary N) is 1. The van der Waals surface area contributed by atoms with Crippen LogP contribution in [0.4, 0.5) is 0 Å². The van der Waals surface area contributed by atoms with E-state index < -0.39 is 0 Å². The topological polar surface area (TPSA) is 12.0 Å². The van der Waals surface area contributed by atoms with Gasteiger partial charge in [-0.15, -0.1) is 0 Å². The van der Waals surface area contributed by atoms with Gasteiger partial charge in [-0.3, -0.25) is 0 Å². The van der Waals surface area contributed by atoms with Gasteiger partial charge in [-0.1, -0.05) is 73.7 Å². The summed E-state index contributed by atoms with van der Waals surface area (Å²) in [5.74, 6) is 0. The second kappa shape index (κ2) is 6.11. The van der Waals surface area contributed by atoms with E-state index in [4.69, 9.17) is 0 Å². The third-order valence-electron chi connectivity index (χ3n) is 4.12. The van der Waals surface area contributed by atoms with Crippen molar-refractivity contribution in [2.24, 2.45) is 0 Å². The summed E-state index contributed by atoms with van der Waals surface area (Å²) in [6.07, 6.45) is 1.07. The van der Waals surface area contributed by atoms with Crippen molar-refractivity contribution >= 4 is 10.8 Å². The van der Waals surface area contributed by atoms with Crippen LogP contribution in [-0.2, 0) is 6.42 Å². The van der Waals surface area contributed by atoms with Gasteiger partial charge in [0.05, 0.1) is 6.04 Å². The number of fused-ring (bicyclic) bond motifs is 1. The van der Waals surface area contributed by atoms with Crippen molar-refractivity contribution in [3.05, 3.63) is 83.4 Å². The molecule has 0 aliphatic carbocycles. The van der Waals surface area contributed by atoms with Gasteiger partial charge in [0.15, 0.2) is 0 Å². The van der Waals surface area contributed by atoms with Gasteiger partial charge in [0.1, 0.15) is 0 Å². The smallest absolute Gasteiger partial charge is 0.0580 e. The summed E-state index contributed by atoms with van der Waals surface area (Å²) in [6, 6.07) is 24.2. The first-order valence-electron chi connectivity index (χ1n) is 7.57. The maximum atomic E-state index is 3.48. The Labute approximate surface area is 126 Å². The lowest BCUT2D eigenvalue weighted by atomic mass is 9.93. The largest absolute Gasteiger partial charge is 0.309 e. The molecule has 1 unspecified atom stereocenters. The van der Waals surface area contributed by atoms with E-state index in [1.807, 2.05) is 7.05 Å². The zero-order valence-electron chi connectivity index (χ0n) is 12.6. The number of benzene rings is 3. The van der Waals surface area contributed by atoms with Crippen LogP contribution in [0, 0.1) is 0 Å². The molecular formula is C20H21N. The Morgan fingerprint density at radius 2 is 1.67 bits per heavy atom. The van der Waals surface area contributed by atoms with Gasteiger partial charge in [-0.05, 0) is 40.9 Å². The van der Waals surface area contributed by atoms with E-state index in [1.54, 1.807) is 0 Å². The summed E-state index contributed by atoms with van der Waals surface area (Å²) in [4.78, 5) is 0. The highest BCUT2D eigenvalue weighted by Crippen LogP contribution is 2.29. The zero-order valence-corrected chi connectivity index (χ0v) is 12.6. The van der Waals surface area contributed by atoms with Gasteiger partial charge in [-0.25, -0.2) is 0 Å². The van der Waals surface area contributed by atoms with Crippen LogP contribution in [0.5, 0.6) is 0 Å². The molecule has 0 amide bonds. The van der Waals surface area contributed by atoms with Crippen LogP contribution in [0.3, 0.4) is 0 Å². The molecule has 0 saturated carbocycles. The summed E-state index contributed by atoms with van der Waals surface area (Å²) in [5.41, 5.74) is 4.05. The van der Waals surface area contributed by atoms with E-state index in [-0.39, 0.29) is 6.04 Å². The molecule has 0 aliphatic rings. The molecule has 3 rings (SSSR count). The molecule has 0 heterocycles. The number of hydrogen-bond acceptors (Lipinski definition) is 1. The molecule has 3 aromatic rings. The highest BCUT2D eigenvalue weighted by atomic mass is 14.9. The molecule has 1 N–H and O–H groups in total. The molecule has 1 heteroatoms. The lowest BCUT2D eigenvalue weighted by molar-refractivity contribution is 0.696. The van der Waals surface area contributed by atoms with E-state index in [2.05, 4.69) is 79.0 Å². The minimum atomic E-state index is 0.225. The third kappa shape index (κ3) is 2.70. The van der Waals surface area contributed by atoms with Gasteiger partial charge < -0.3 is 5.32 Å². The van der Waals surface area contributed by atoms with Crippen LogP contribution in [-0.4, -0.2) is 7.05 Å². The first-order valence-corrected chi connectivity index (χ1v) is 7.57. The Morgan fingerprint density at radius 3 is 2.48 bits per heavy atom. The highest BCUT2D eigenvalue weighted by Gasteiger charge is 2.14. The molecular weight excluding hydrogens is 254 g/mol. The van der Waals surface area contributed by atoms with Crippen LogP contribution in [0.25, 0.3) is 10.8 Å². The van der Waals surface area contributed by atoms with Crippen molar-refractivity contribution in [2.45, 2.75) is 19.4 Å². The molecule has 3 aromatic carbocycles. The van der Waals surface area contributed by atoms with Gasteiger partial charge in [0, 0.05) is 0 Å². The predicted molar refractivity (Wildman–Crippen MR) is 90.7 cm³/mol. The van der Waals surface area contributed by atoms with Crippen LogP contribution >= 0.6 is 0 Å². The zero-order chi connectivity index (χ0) is 14.7. The SMILES string of the molecule is CCc1cccc(C(NC)c2cccc3ccccc23)c1. The summed E-state index contributed by atoms with van der Waals surface area (Å²) >= 11 is 0. The average Bonchev–Trinajstić information content (AvgIpc) is 2.56. The summed E-state index contributed by atoms with van der Waals surface area (Å²) in [7, 11) is 2.03. The van der Waals surface area contributed by atoms with Crippen molar-refractivity contribution in [3.63, 3.8) is 0 Å². The highest BCUT2D eigenvalue weighted by molar-refractivity contribution is 5.86. The van der Waals surface area contributed by atoms with Crippen molar-refractivity contribution in [2.75, 3.05) is 7.05 Å². The second-order valence-corrected chi connectivity index (χ2v) is 5.39. The minimum Gasteiger partial charge on any atom is -0.309 e. The summed E-state index contributed by atoms with van der Waals surface area (Å²) < 4.78 is 0. The normalized spacial score (nSPS) is 12.5. The Kier molecular flexibility index (Phi) is 4.03. The first kappa shape index (κ1) is 13.8. The van der Waals surface area contributed by atoms with Crippen molar-refractivity contribution < 1.29 is 0 Å². The van der Waals surface area contributed by atoms with Gasteiger partial charge >= 0.3 is 0 Å². The van der Waals surface area contributed by atoms with Crippen LogP contribution < -0.4 is 5.32 Å². The quantitative estimate of drug-likeness (QED) is 0.727. The molecule has 0 fully saturated rings. The Hall–Kier alpha value is -2.12. The molecule has 1 atom stereocenters. The molecule has 0 aliphatic heterocycles. The van der Waals surface area contributed by atoms with E-state index in [0.717, 1.165) is 6.42 Å². The standard InChI is InChI=1S/C20H21N/c1-3-15-8-6-11-17(14-15)20(21-2)19-13-7-10-16-9-4-5-12-18(16)19/h4-14,20-21H,3H2,1-2H3. The first-order chi connectivity index (χ1) is 10.3. The van der Waals surface area contributed by atoms with E-state index >= 15 is 0 Å². The molecule has 21 heavy (non-hydrogen) atoms. The molecule has 0 spiro atoms. The van der Waals surface area contributed by atoms with Crippen molar-refractivity contribution in [1.82, 2.24) is 5.32 Å². The van der Waals surface area contributed by atoms with Crippen LogP contribution in [0.1, 0.15) is 29.7 Å². The fourth-order valence-corrected chi connectivity index (χ4v) is 3.00. The predicted octanol–water partition coefficient (Wildman–Crippen LogP) is 4.71. The monoisotopic (exact) mass is 275 g/mol. The summed E-state index contributed by atoms with van der Waals surface area (Å²) in [6.45, 7) is 2.20. The molecule has 0 bridgehead atoms. The Bertz CT molecular complexity index is 740. The van der Waals surface area contributed by atoms with Crippen LogP contribution in [0.15, 0.2) is 66.7 Å². The maximum absolute atomic E-state index is 3.48. The van der Waals surface area contributed by atoms with Crippen molar-refractivity contribution in [3.8, 4) is 0 Å². The van der Waals surface area contributed by atoms with Crippen LogP contribution in [0.2, 0.25) is 0 Å². The number of hydrogen-bond donors (Lipinski definition) is 1. The molecule has 0 saturated heterocycles. The Balaban J connectivity index is 2.13. The number of aryl methyl sites for hydroxylation is 1. The van der Waals surface area contributed by atoms with Gasteiger partial charge in [-0.2, -0.15) is 0 Å². The van der Waals surface area contributed by atoms with E-state index in [9.17, 15) is 0 Å². The molecule has 0 aromatic heterocycles. The van der Waals surface area contributed by atoms with E-state index in [0.29, 0.717) is 0 Å². The fourth-order valence-electron chi connectivity index (χ4n) is 3.00. The second-order valence-electron chi connectivity index (χ2n) is 5.39. The maximum Gasteiger partial charge on any atom is 0.0580 e. The molecule has 1 nitrogen and oxygen atoms in total. The average molecular weight is 275 g/mol. The molecule has 0 radical (unpaired) electrons. The minimum absolute atomic E-state index is 0.225. The van der Waals surface area contributed by atoms with E-state index in [1.165, 1.54) is 27.5 Å². The third-order valence-corrected chi connectivity index (χ3v) is 4.12. The fraction of sp³-hybridized carbons (Fsp3) is 0.200. The lowest BCUT2D eigenvalue weighted by Crippen LogP contribution is -2.18. The molecule has 106 valence electrons. The van der Waals surface area contributed by atoms with Gasteiger partial charge in [0.2, 0.25) is 0 Å².